The molecule has 0 spiro atoms. The molecule has 1 fully saturated rings. The number of halogens is 2. The highest BCUT2D eigenvalue weighted by molar-refractivity contribution is 7.91. The minimum absolute atomic E-state index is 0.0281. The van der Waals surface area contributed by atoms with Crippen LogP contribution in [0.4, 0.5) is 8.78 Å². The fourth-order valence-electron chi connectivity index (χ4n) is 1.64. The first-order chi connectivity index (χ1) is 7.21. The molecule has 1 aliphatic carbocycles. The van der Waals surface area contributed by atoms with E-state index in [0.29, 0.717) is 6.42 Å². The van der Waals surface area contributed by atoms with Crippen molar-refractivity contribution < 1.29 is 13.3 Å². The van der Waals surface area contributed by atoms with Gasteiger partial charge in [0.05, 0.1) is 6.21 Å². The lowest BCUT2D eigenvalue weighted by atomic mass is 9.87. The molecule has 2 atom stereocenters. The van der Waals surface area contributed by atoms with Crippen LogP contribution in [0.2, 0.25) is 0 Å². The van der Waals surface area contributed by atoms with Gasteiger partial charge in [-0.05, 0) is 33.6 Å². The summed E-state index contributed by atoms with van der Waals surface area (Å²) in [5, 5.41) is 0. The van der Waals surface area contributed by atoms with Crippen LogP contribution in [-0.2, 0) is 11.4 Å². The molecule has 5 heteroatoms. The Balaban J connectivity index is 2.51. The zero-order valence-electron chi connectivity index (χ0n) is 10.0. The second-order valence-electron chi connectivity index (χ2n) is 5.33. The van der Waals surface area contributed by atoms with Crippen molar-refractivity contribution in [3.05, 3.63) is 0 Å². The molecule has 0 heterocycles. The van der Waals surface area contributed by atoms with Gasteiger partial charge >= 0.3 is 0 Å². The van der Waals surface area contributed by atoms with Gasteiger partial charge in [0.1, 0.15) is 16.1 Å². The summed E-state index contributed by atoms with van der Waals surface area (Å²) >= 11 is -1.34. The van der Waals surface area contributed by atoms with Crippen molar-refractivity contribution in [3.63, 3.8) is 0 Å². The lowest BCUT2D eigenvalue weighted by Gasteiger charge is -2.26. The summed E-state index contributed by atoms with van der Waals surface area (Å²) in [5.74, 6) is -2.80. The second-order valence-corrected chi connectivity index (χ2v) is 7.26. The molecule has 0 saturated heterocycles. The molecule has 1 rings (SSSR count). The Morgan fingerprint density at radius 3 is 2.56 bits per heavy atom. The Kier molecular flexibility index (Phi) is 4.35. The van der Waals surface area contributed by atoms with Crippen LogP contribution in [0.5, 0.6) is 0 Å². The van der Waals surface area contributed by atoms with Gasteiger partial charge in [0, 0.05) is 18.8 Å². The van der Waals surface area contributed by atoms with Gasteiger partial charge in [0.2, 0.25) is 5.92 Å². The van der Waals surface area contributed by atoms with E-state index in [1.807, 2.05) is 20.8 Å². The summed E-state index contributed by atoms with van der Waals surface area (Å²) in [6.45, 7) is 5.45. The summed E-state index contributed by atoms with van der Waals surface area (Å²) in [5.41, 5.74) is 0. The van der Waals surface area contributed by atoms with Crippen molar-refractivity contribution in [2.75, 3.05) is 0 Å². The lowest BCUT2D eigenvalue weighted by Crippen LogP contribution is -2.29. The molecule has 0 N–H and O–H groups in total. The van der Waals surface area contributed by atoms with E-state index in [4.69, 9.17) is 0 Å². The average Bonchev–Trinajstić information content (AvgIpc) is 2.11. The molecule has 2 nitrogen and oxygen atoms in total. The maximum Gasteiger partial charge on any atom is 0.248 e. The summed E-state index contributed by atoms with van der Waals surface area (Å²) in [6, 6.07) is 0. The Morgan fingerprint density at radius 1 is 1.44 bits per heavy atom. The Morgan fingerprint density at radius 2 is 2.06 bits per heavy atom. The molecule has 1 unspecified atom stereocenters. The van der Waals surface area contributed by atoms with E-state index >= 15 is 0 Å². The van der Waals surface area contributed by atoms with Crippen molar-refractivity contribution in [2.45, 2.75) is 57.1 Å². The van der Waals surface area contributed by atoms with Crippen LogP contribution >= 0.6 is 0 Å². The van der Waals surface area contributed by atoms with Gasteiger partial charge in [-0.25, -0.2) is 8.78 Å². The summed E-state index contributed by atoms with van der Waals surface area (Å²) < 4.78 is 41.2. The minimum Gasteiger partial charge on any atom is -0.591 e. The van der Waals surface area contributed by atoms with E-state index < -0.39 is 22.0 Å². The molecule has 1 saturated carbocycles. The second kappa shape index (κ2) is 5.00. The number of nitrogens with zero attached hydrogens (tertiary/aromatic N) is 1. The maximum atomic E-state index is 13.1. The molecule has 0 aromatic rings. The largest absolute Gasteiger partial charge is 0.591 e. The molecule has 0 aliphatic heterocycles. The Hall–Kier alpha value is -0.160. The predicted octanol–water partition coefficient (Wildman–Crippen LogP) is 3.34. The third kappa shape index (κ3) is 4.37. The highest BCUT2D eigenvalue weighted by Crippen LogP contribution is 2.36. The SMILES string of the molecule is CC(C)(C)[S@@+]([O-])/N=C/C1CCCC(F)(F)C1. The summed E-state index contributed by atoms with van der Waals surface area (Å²) in [7, 11) is 0. The van der Waals surface area contributed by atoms with Crippen molar-refractivity contribution in [3.8, 4) is 0 Å². The number of hydrogen-bond acceptors (Lipinski definition) is 2. The minimum atomic E-state index is -2.57. The van der Waals surface area contributed by atoms with Gasteiger partial charge in [-0.2, -0.15) is 0 Å². The van der Waals surface area contributed by atoms with Gasteiger partial charge in [-0.3, -0.25) is 0 Å². The predicted molar refractivity (Wildman–Crippen MR) is 63.3 cm³/mol. The Labute approximate surface area is 98.8 Å². The fourth-order valence-corrected chi connectivity index (χ4v) is 2.24. The quantitative estimate of drug-likeness (QED) is 0.547. The molecule has 94 valence electrons. The van der Waals surface area contributed by atoms with E-state index in [-0.39, 0.29) is 18.8 Å². The van der Waals surface area contributed by atoms with E-state index in [2.05, 4.69) is 4.40 Å². The van der Waals surface area contributed by atoms with Crippen LogP contribution in [0.1, 0.15) is 46.5 Å². The first-order valence-corrected chi connectivity index (χ1v) is 6.65. The zero-order valence-corrected chi connectivity index (χ0v) is 10.8. The van der Waals surface area contributed by atoms with Crippen molar-refractivity contribution >= 4 is 17.6 Å². The molecule has 0 aromatic heterocycles. The van der Waals surface area contributed by atoms with E-state index in [0.717, 1.165) is 6.42 Å². The van der Waals surface area contributed by atoms with Crippen molar-refractivity contribution in [1.29, 1.82) is 0 Å². The normalized spacial score (nSPS) is 28.2. The monoisotopic (exact) mass is 251 g/mol. The standard InChI is InChI=1S/C11H19F2NOS/c1-10(2,3)16(15)14-8-9-5-4-6-11(12,13)7-9/h8-9H,4-7H2,1-3H3/b14-8+/t9?,16-/m1/s1. The maximum absolute atomic E-state index is 13.1. The van der Waals surface area contributed by atoms with E-state index in [1.54, 1.807) is 0 Å². The molecule has 0 amide bonds. The topological polar surface area (TPSA) is 35.4 Å². The van der Waals surface area contributed by atoms with Crippen LogP contribution in [0.3, 0.4) is 0 Å². The van der Waals surface area contributed by atoms with Crippen LogP contribution in [-0.4, -0.2) is 21.4 Å². The molecular formula is C11H19F2NOS. The zero-order chi connectivity index (χ0) is 12.4. The molecule has 16 heavy (non-hydrogen) atoms. The smallest absolute Gasteiger partial charge is 0.248 e. The van der Waals surface area contributed by atoms with Crippen LogP contribution in [0.25, 0.3) is 0 Å². The fraction of sp³-hybridized carbons (Fsp3) is 0.909. The summed E-state index contributed by atoms with van der Waals surface area (Å²) in [4.78, 5) is 0. The lowest BCUT2D eigenvalue weighted by molar-refractivity contribution is -0.0420. The first kappa shape index (κ1) is 13.9. The highest BCUT2D eigenvalue weighted by atomic mass is 32.2. The van der Waals surface area contributed by atoms with Gasteiger partial charge in [-0.15, -0.1) is 0 Å². The number of alkyl halides is 2. The van der Waals surface area contributed by atoms with Crippen molar-refractivity contribution in [2.24, 2.45) is 10.3 Å². The molecule has 0 bridgehead atoms. The molecular weight excluding hydrogens is 232 g/mol. The third-order valence-corrected chi connectivity index (χ3v) is 3.93. The van der Waals surface area contributed by atoms with Crippen LogP contribution in [0, 0.1) is 5.92 Å². The molecule has 0 radical (unpaired) electrons. The van der Waals surface area contributed by atoms with Gasteiger partial charge in [0.15, 0.2) is 0 Å². The Bertz CT molecular complexity index is 263. The van der Waals surface area contributed by atoms with E-state index in [1.165, 1.54) is 6.21 Å². The number of rotatable bonds is 2. The molecule has 0 aromatic carbocycles. The average molecular weight is 251 g/mol. The van der Waals surface area contributed by atoms with Crippen LogP contribution < -0.4 is 0 Å². The third-order valence-electron chi connectivity index (χ3n) is 2.57. The molecule has 1 aliphatic rings. The van der Waals surface area contributed by atoms with Crippen molar-refractivity contribution in [1.82, 2.24) is 0 Å². The van der Waals surface area contributed by atoms with Gasteiger partial charge < -0.3 is 4.55 Å². The van der Waals surface area contributed by atoms with Gasteiger partial charge in [-0.1, -0.05) is 4.40 Å². The van der Waals surface area contributed by atoms with Gasteiger partial charge in [0.25, 0.3) is 0 Å². The number of hydrogen-bond donors (Lipinski definition) is 0. The summed E-state index contributed by atoms with van der Waals surface area (Å²) in [6.07, 6.45) is 2.53. The van der Waals surface area contributed by atoms with Crippen LogP contribution in [0.15, 0.2) is 4.40 Å². The highest BCUT2D eigenvalue weighted by Gasteiger charge is 2.36. The first-order valence-electron chi connectivity index (χ1n) is 5.55. The van der Waals surface area contributed by atoms with E-state index in [9.17, 15) is 13.3 Å².